The van der Waals surface area contributed by atoms with E-state index in [9.17, 15) is 19.5 Å². The molecule has 2 amide bonds. The fourth-order valence-corrected chi connectivity index (χ4v) is 1.76. The zero-order chi connectivity index (χ0) is 28.7. The highest BCUT2D eigenvalue weighted by Crippen LogP contribution is 2.19. The highest BCUT2D eigenvalue weighted by atomic mass is 16.3. The maximum Gasteiger partial charge on any atom is 0.219 e. The average Bonchev–Trinajstić information content (AvgIpc) is 2.97. The number of carbonyl (C=O) groups excluding carboxylic acids is 3. The molecule has 2 rings (SSSR count). The van der Waals surface area contributed by atoms with Crippen LogP contribution < -0.4 is 10.6 Å². The summed E-state index contributed by atoms with van der Waals surface area (Å²) in [5.41, 5.74) is 0.919. The predicted molar refractivity (Wildman–Crippen MR) is 152 cm³/mol. The minimum atomic E-state index is -0.159. The SMILES string of the molecule is CC.CC.CC.CC.CCC(=O)NC.CCC(=O)NC.O=C(c1ccccc1)c1ccccc1O. The van der Waals surface area contributed by atoms with Gasteiger partial charge in [0, 0.05) is 32.5 Å². The van der Waals surface area contributed by atoms with Crippen LogP contribution in [0, 0.1) is 0 Å². The van der Waals surface area contributed by atoms with Crippen molar-refractivity contribution in [3.8, 4) is 5.75 Å². The first kappa shape index (κ1) is 42.0. The molecule has 0 aliphatic rings. The van der Waals surface area contributed by atoms with Crippen LogP contribution in [0.5, 0.6) is 5.75 Å². The molecule has 2 aromatic rings. The third-order valence-corrected chi connectivity index (χ3v) is 3.38. The van der Waals surface area contributed by atoms with Gasteiger partial charge in [0.1, 0.15) is 5.75 Å². The van der Waals surface area contributed by atoms with E-state index < -0.39 is 0 Å². The summed E-state index contributed by atoms with van der Waals surface area (Å²) >= 11 is 0. The van der Waals surface area contributed by atoms with Crippen molar-refractivity contribution in [2.75, 3.05) is 14.1 Å². The van der Waals surface area contributed by atoms with Gasteiger partial charge in [0.25, 0.3) is 0 Å². The van der Waals surface area contributed by atoms with Gasteiger partial charge < -0.3 is 15.7 Å². The second-order valence-electron chi connectivity index (χ2n) is 5.27. The molecule has 0 spiro atoms. The molecule has 0 atom stereocenters. The van der Waals surface area contributed by atoms with Crippen molar-refractivity contribution in [3.05, 3.63) is 65.7 Å². The van der Waals surface area contributed by atoms with E-state index in [1.807, 2.05) is 75.3 Å². The summed E-state index contributed by atoms with van der Waals surface area (Å²) in [5, 5.41) is 14.5. The number of nitrogens with one attached hydrogen (secondary N) is 2. The summed E-state index contributed by atoms with van der Waals surface area (Å²) in [5.74, 6) is 0.0463. The Bertz CT molecular complexity index is 690. The molecular weight excluding hydrogens is 440 g/mol. The molecule has 0 aliphatic heterocycles. The zero-order valence-corrected chi connectivity index (χ0v) is 24.3. The van der Waals surface area contributed by atoms with Gasteiger partial charge in [0.15, 0.2) is 5.78 Å². The van der Waals surface area contributed by atoms with E-state index in [2.05, 4.69) is 10.6 Å². The van der Waals surface area contributed by atoms with Crippen LogP contribution in [0.2, 0.25) is 0 Å². The number of para-hydroxylation sites is 1. The fraction of sp³-hybridized carbons (Fsp3) is 0.483. The summed E-state index contributed by atoms with van der Waals surface area (Å²) in [6.45, 7) is 19.6. The van der Waals surface area contributed by atoms with E-state index in [1.165, 1.54) is 6.07 Å². The number of ketones is 1. The lowest BCUT2D eigenvalue weighted by Gasteiger charge is -2.02. The number of phenols is 1. The summed E-state index contributed by atoms with van der Waals surface area (Å²) < 4.78 is 0. The van der Waals surface area contributed by atoms with Crippen LogP contribution in [-0.2, 0) is 9.59 Å². The maximum absolute atomic E-state index is 11.9. The molecule has 202 valence electrons. The van der Waals surface area contributed by atoms with Crippen molar-refractivity contribution in [1.82, 2.24) is 10.6 Å². The van der Waals surface area contributed by atoms with E-state index in [4.69, 9.17) is 0 Å². The molecule has 0 aromatic heterocycles. The summed E-state index contributed by atoms with van der Waals surface area (Å²) in [6.07, 6.45) is 1.16. The number of hydrogen-bond donors (Lipinski definition) is 3. The van der Waals surface area contributed by atoms with E-state index in [0.29, 0.717) is 24.0 Å². The molecule has 0 aliphatic carbocycles. The minimum absolute atomic E-state index is 0.0198. The second kappa shape index (κ2) is 35.4. The summed E-state index contributed by atoms with van der Waals surface area (Å²) in [7, 11) is 3.26. The summed E-state index contributed by atoms with van der Waals surface area (Å²) in [6, 6.07) is 15.5. The molecule has 0 fully saturated rings. The van der Waals surface area contributed by atoms with Crippen LogP contribution in [-0.4, -0.2) is 36.8 Å². The van der Waals surface area contributed by atoms with Gasteiger partial charge in [-0.25, -0.2) is 0 Å². The topological polar surface area (TPSA) is 95.5 Å². The highest BCUT2D eigenvalue weighted by Gasteiger charge is 2.11. The van der Waals surface area contributed by atoms with Gasteiger partial charge >= 0.3 is 0 Å². The third-order valence-electron chi connectivity index (χ3n) is 3.38. The Hall–Kier alpha value is -3.15. The van der Waals surface area contributed by atoms with Crippen molar-refractivity contribution in [1.29, 1.82) is 0 Å². The lowest BCUT2D eigenvalue weighted by atomic mass is 10.0. The Morgan fingerprint density at radius 2 is 0.971 bits per heavy atom. The number of rotatable bonds is 4. The van der Waals surface area contributed by atoms with Gasteiger partial charge in [0.2, 0.25) is 11.8 Å². The monoisotopic (exact) mass is 492 g/mol. The quantitative estimate of drug-likeness (QED) is 0.400. The van der Waals surface area contributed by atoms with Crippen LogP contribution in [0.25, 0.3) is 0 Å². The molecule has 0 saturated heterocycles. The van der Waals surface area contributed by atoms with Gasteiger partial charge in [-0.3, -0.25) is 14.4 Å². The minimum Gasteiger partial charge on any atom is -0.507 e. The molecular formula is C29H52N2O4. The van der Waals surface area contributed by atoms with Crippen molar-refractivity contribution in [2.45, 2.75) is 82.1 Å². The molecule has 6 nitrogen and oxygen atoms in total. The Morgan fingerprint density at radius 3 is 1.26 bits per heavy atom. The van der Waals surface area contributed by atoms with Crippen LogP contribution >= 0.6 is 0 Å². The molecule has 0 radical (unpaired) electrons. The van der Waals surface area contributed by atoms with Crippen molar-refractivity contribution < 1.29 is 19.5 Å². The molecule has 2 aromatic carbocycles. The molecule has 0 unspecified atom stereocenters. The summed E-state index contributed by atoms with van der Waals surface area (Å²) in [4.78, 5) is 32.0. The number of carbonyl (C=O) groups is 3. The number of benzene rings is 2. The first-order valence-electron chi connectivity index (χ1n) is 12.7. The lowest BCUT2D eigenvalue weighted by molar-refractivity contribution is -0.121. The maximum atomic E-state index is 11.9. The molecule has 0 bridgehead atoms. The number of phenolic OH excluding ortho intramolecular Hbond substituents is 1. The zero-order valence-electron chi connectivity index (χ0n) is 24.3. The van der Waals surface area contributed by atoms with Crippen LogP contribution in [0.1, 0.15) is 98.0 Å². The fourth-order valence-electron chi connectivity index (χ4n) is 1.76. The van der Waals surface area contributed by atoms with Crippen LogP contribution in [0.4, 0.5) is 0 Å². The highest BCUT2D eigenvalue weighted by molar-refractivity contribution is 6.10. The van der Waals surface area contributed by atoms with Gasteiger partial charge in [-0.2, -0.15) is 0 Å². The standard InChI is InChI=1S/C13H10O2.2C4H9NO.4C2H6/c14-12-9-5-4-8-11(12)13(15)10-6-2-1-3-7-10;2*1-3-4(6)5-2;4*1-2/h1-9,14H;2*3H2,1-2H3,(H,5,6);4*1-2H3. The third kappa shape index (κ3) is 25.3. The molecule has 0 heterocycles. The largest absolute Gasteiger partial charge is 0.507 e. The Labute approximate surface area is 215 Å². The first-order chi connectivity index (χ1) is 16.9. The van der Waals surface area contributed by atoms with E-state index in [-0.39, 0.29) is 23.3 Å². The lowest BCUT2D eigenvalue weighted by Crippen LogP contribution is -2.15. The molecule has 35 heavy (non-hydrogen) atoms. The normalized spacial score (nSPS) is 7.54. The number of hydrogen-bond acceptors (Lipinski definition) is 4. The van der Waals surface area contributed by atoms with E-state index in [0.717, 1.165) is 0 Å². The Morgan fingerprint density at radius 1 is 0.629 bits per heavy atom. The van der Waals surface area contributed by atoms with Crippen molar-refractivity contribution in [3.63, 3.8) is 0 Å². The van der Waals surface area contributed by atoms with Gasteiger partial charge in [0.05, 0.1) is 5.56 Å². The predicted octanol–water partition coefficient (Wildman–Crippen LogP) is 7.01. The smallest absolute Gasteiger partial charge is 0.219 e. The van der Waals surface area contributed by atoms with E-state index in [1.54, 1.807) is 56.6 Å². The molecule has 6 heteroatoms. The first-order valence-corrected chi connectivity index (χ1v) is 12.7. The Kier molecular flexibility index (Phi) is 42.6. The van der Waals surface area contributed by atoms with Gasteiger partial charge in [-0.1, -0.05) is 112 Å². The van der Waals surface area contributed by atoms with Crippen LogP contribution in [0.15, 0.2) is 54.6 Å². The average molecular weight is 493 g/mol. The molecule has 0 saturated carbocycles. The molecule has 3 N–H and O–H groups in total. The van der Waals surface area contributed by atoms with Crippen molar-refractivity contribution in [2.24, 2.45) is 0 Å². The van der Waals surface area contributed by atoms with Crippen LogP contribution in [0.3, 0.4) is 0 Å². The second-order valence-corrected chi connectivity index (χ2v) is 5.27. The Balaban J connectivity index is -0.000000127. The van der Waals surface area contributed by atoms with E-state index >= 15 is 0 Å². The number of amides is 2. The van der Waals surface area contributed by atoms with Gasteiger partial charge in [-0.15, -0.1) is 0 Å². The van der Waals surface area contributed by atoms with Crippen molar-refractivity contribution >= 4 is 17.6 Å². The number of aromatic hydroxyl groups is 1. The van der Waals surface area contributed by atoms with Gasteiger partial charge in [-0.05, 0) is 12.1 Å².